The smallest absolute Gasteiger partial charge is 0.239 e. The molecule has 25 heavy (non-hydrogen) atoms. The van der Waals surface area contributed by atoms with Gasteiger partial charge in [-0.05, 0) is 38.5 Å². The van der Waals surface area contributed by atoms with Gasteiger partial charge in [0.15, 0.2) is 11.5 Å². The lowest BCUT2D eigenvalue weighted by Crippen LogP contribution is -2.42. The van der Waals surface area contributed by atoms with Crippen molar-refractivity contribution in [3.63, 3.8) is 0 Å². The Morgan fingerprint density at radius 1 is 1.08 bits per heavy atom. The molecule has 0 radical (unpaired) electrons. The van der Waals surface area contributed by atoms with Gasteiger partial charge in [-0.15, -0.1) is 0 Å². The van der Waals surface area contributed by atoms with E-state index in [4.69, 9.17) is 9.47 Å². The molecule has 0 aliphatic carbocycles. The number of hydrogen-bond donors (Lipinski definition) is 2. The minimum absolute atomic E-state index is 0.0458. The van der Waals surface area contributed by atoms with E-state index in [2.05, 4.69) is 10.6 Å². The first-order chi connectivity index (χ1) is 11.7. The van der Waals surface area contributed by atoms with Gasteiger partial charge < -0.3 is 20.1 Å². The summed E-state index contributed by atoms with van der Waals surface area (Å²) in [6.07, 6.45) is 0. The van der Waals surface area contributed by atoms with Crippen molar-refractivity contribution in [1.29, 1.82) is 0 Å². The molecule has 2 N–H and O–H groups in total. The van der Waals surface area contributed by atoms with Gasteiger partial charge in [0.2, 0.25) is 11.8 Å². The highest BCUT2D eigenvalue weighted by Crippen LogP contribution is 2.30. The van der Waals surface area contributed by atoms with Crippen molar-refractivity contribution in [2.24, 2.45) is 5.41 Å². The predicted molar refractivity (Wildman–Crippen MR) is 97.8 cm³/mol. The fourth-order valence-corrected chi connectivity index (χ4v) is 2.14. The quantitative estimate of drug-likeness (QED) is 0.756. The van der Waals surface area contributed by atoms with E-state index in [1.54, 1.807) is 20.8 Å². The monoisotopic (exact) mass is 350 g/mol. The van der Waals surface area contributed by atoms with E-state index in [9.17, 15) is 9.59 Å². The number of carbonyl (C=O) groups excluding carboxylic acids is 2. The van der Waals surface area contributed by atoms with E-state index >= 15 is 0 Å². The molecule has 0 aliphatic heterocycles. The van der Waals surface area contributed by atoms with E-state index in [1.165, 1.54) is 0 Å². The molecule has 0 aliphatic rings. The minimum atomic E-state index is -0.520. The highest BCUT2D eigenvalue weighted by atomic mass is 16.5. The molecule has 0 spiro atoms. The Bertz CT molecular complexity index is 594. The number of hydrogen-bond acceptors (Lipinski definition) is 4. The lowest BCUT2D eigenvalue weighted by molar-refractivity contribution is -0.131. The van der Waals surface area contributed by atoms with Crippen LogP contribution in [-0.4, -0.2) is 31.6 Å². The Morgan fingerprint density at radius 2 is 1.68 bits per heavy atom. The third-order valence-corrected chi connectivity index (χ3v) is 3.54. The van der Waals surface area contributed by atoms with E-state index in [0.29, 0.717) is 24.7 Å². The second kappa shape index (κ2) is 9.30. The van der Waals surface area contributed by atoms with Crippen LogP contribution in [0.3, 0.4) is 0 Å². The lowest BCUT2D eigenvalue weighted by Gasteiger charge is -2.19. The van der Waals surface area contributed by atoms with Crippen LogP contribution in [0.4, 0.5) is 0 Å². The van der Waals surface area contributed by atoms with Crippen molar-refractivity contribution in [3.05, 3.63) is 23.8 Å². The summed E-state index contributed by atoms with van der Waals surface area (Å²) < 4.78 is 11.1. The van der Waals surface area contributed by atoms with Gasteiger partial charge in [-0.25, -0.2) is 0 Å². The Morgan fingerprint density at radius 3 is 2.24 bits per heavy atom. The fraction of sp³-hybridized carbons (Fsp3) is 0.579. The normalized spacial score (nSPS) is 12.2. The molecule has 1 aromatic carbocycles. The number of benzene rings is 1. The van der Waals surface area contributed by atoms with E-state index in [-0.39, 0.29) is 24.4 Å². The number of carbonyl (C=O) groups is 2. The van der Waals surface area contributed by atoms with Crippen LogP contribution in [0.5, 0.6) is 11.5 Å². The Labute approximate surface area is 150 Å². The molecule has 6 heteroatoms. The maximum Gasteiger partial charge on any atom is 0.239 e. The summed E-state index contributed by atoms with van der Waals surface area (Å²) in [5.41, 5.74) is 0.385. The molecular formula is C19H30N2O4. The molecule has 2 amide bonds. The van der Waals surface area contributed by atoms with E-state index < -0.39 is 5.41 Å². The molecule has 1 atom stereocenters. The summed E-state index contributed by atoms with van der Waals surface area (Å²) in [5, 5.41) is 5.51. The molecule has 0 saturated carbocycles. The minimum Gasteiger partial charge on any atom is -0.490 e. The predicted octanol–water partition coefficient (Wildman–Crippen LogP) is 2.82. The number of amides is 2. The third-order valence-electron chi connectivity index (χ3n) is 3.54. The molecule has 0 saturated heterocycles. The summed E-state index contributed by atoms with van der Waals surface area (Å²) >= 11 is 0. The first kappa shape index (κ1) is 20.8. The van der Waals surface area contributed by atoms with Gasteiger partial charge in [0.05, 0.1) is 25.8 Å². The maximum absolute atomic E-state index is 12.1. The van der Waals surface area contributed by atoms with Gasteiger partial charge in [0.25, 0.3) is 0 Å². The number of rotatable bonds is 8. The van der Waals surface area contributed by atoms with Crippen LogP contribution in [0, 0.1) is 5.41 Å². The Balaban J connectivity index is 2.70. The average Bonchev–Trinajstić information content (AvgIpc) is 2.53. The van der Waals surface area contributed by atoms with E-state index in [0.717, 1.165) is 5.56 Å². The van der Waals surface area contributed by atoms with E-state index in [1.807, 2.05) is 39.0 Å². The number of nitrogens with one attached hydrogen (secondary N) is 2. The first-order valence-corrected chi connectivity index (χ1v) is 8.66. The van der Waals surface area contributed by atoms with Gasteiger partial charge in [-0.2, -0.15) is 0 Å². The topological polar surface area (TPSA) is 76.7 Å². The zero-order chi connectivity index (χ0) is 19.0. The van der Waals surface area contributed by atoms with Crippen molar-refractivity contribution in [1.82, 2.24) is 10.6 Å². The summed E-state index contributed by atoms with van der Waals surface area (Å²) in [6.45, 7) is 12.2. The van der Waals surface area contributed by atoms with Crippen molar-refractivity contribution in [3.8, 4) is 11.5 Å². The molecule has 6 nitrogen and oxygen atoms in total. The SMILES string of the molecule is CCOc1ccc(C(C)NC(=O)CNC(=O)C(C)(C)C)cc1OCC. The first-order valence-electron chi connectivity index (χ1n) is 8.66. The van der Waals surface area contributed by atoms with Gasteiger partial charge in [0.1, 0.15) is 0 Å². The molecular weight excluding hydrogens is 320 g/mol. The molecule has 0 fully saturated rings. The lowest BCUT2D eigenvalue weighted by atomic mass is 9.96. The van der Waals surface area contributed by atoms with Crippen LogP contribution in [0.1, 0.15) is 53.1 Å². The van der Waals surface area contributed by atoms with Gasteiger partial charge in [-0.3, -0.25) is 9.59 Å². The van der Waals surface area contributed by atoms with Crippen molar-refractivity contribution < 1.29 is 19.1 Å². The Hall–Kier alpha value is -2.24. The number of ether oxygens (including phenoxy) is 2. The van der Waals surface area contributed by atoms with Crippen LogP contribution in [0.25, 0.3) is 0 Å². The van der Waals surface area contributed by atoms with Crippen molar-refractivity contribution in [2.75, 3.05) is 19.8 Å². The molecule has 0 heterocycles. The zero-order valence-electron chi connectivity index (χ0n) is 16.1. The standard InChI is InChI=1S/C19H30N2O4/c1-7-24-15-10-9-14(11-16(15)25-8-2)13(3)21-17(22)12-20-18(23)19(4,5)6/h9-11,13H,7-8,12H2,1-6H3,(H,20,23)(H,21,22). The van der Waals surface area contributed by atoms with Gasteiger partial charge in [0, 0.05) is 5.41 Å². The van der Waals surface area contributed by atoms with Crippen molar-refractivity contribution in [2.45, 2.75) is 47.6 Å². The second-order valence-corrected chi connectivity index (χ2v) is 6.79. The van der Waals surface area contributed by atoms with Crippen LogP contribution in [-0.2, 0) is 9.59 Å². The van der Waals surface area contributed by atoms with Crippen molar-refractivity contribution >= 4 is 11.8 Å². The Kier molecular flexibility index (Phi) is 7.74. The van der Waals surface area contributed by atoms with Gasteiger partial charge >= 0.3 is 0 Å². The summed E-state index contributed by atoms with van der Waals surface area (Å²) in [7, 11) is 0. The molecule has 140 valence electrons. The second-order valence-electron chi connectivity index (χ2n) is 6.79. The third kappa shape index (κ3) is 6.64. The maximum atomic E-state index is 12.1. The van der Waals surface area contributed by atoms with Crippen LogP contribution in [0.15, 0.2) is 18.2 Å². The fourth-order valence-electron chi connectivity index (χ4n) is 2.14. The van der Waals surface area contributed by atoms with Crippen LogP contribution < -0.4 is 20.1 Å². The summed E-state index contributed by atoms with van der Waals surface area (Å²) in [5.74, 6) is 0.944. The van der Waals surface area contributed by atoms with Crippen LogP contribution >= 0.6 is 0 Å². The molecule has 0 aromatic heterocycles. The largest absolute Gasteiger partial charge is 0.490 e. The highest BCUT2D eigenvalue weighted by molar-refractivity contribution is 5.87. The highest BCUT2D eigenvalue weighted by Gasteiger charge is 2.21. The summed E-state index contributed by atoms with van der Waals surface area (Å²) in [6, 6.07) is 5.39. The average molecular weight is 350 g/mol. The molecule has 1 rings (SSSR count). The molecule has 0 bridgehead atoms. The molecule has 1 unspecified atom stereocenters. The zero-order valence-corrected chi connectivity index (χ0v) is 16.1. The molecule has 1 aromatic rings. The summed E-state index contributed by atoms with van der Waals surface area (Å²) in [4.78, 5) is 23.9. The van der Waals surface area contributed by atoms with Gasteiger partial charge in [-0.1, -0.05) is 26.8 Å². The van der Waals surface area contributed by atoms with Crippen LogP contribution in [0.2, 0.25) is 0 Å².